The van der Waals surface area contributed by atoms with Gasteiger partial charge in [-0.3, -0.25) is 4.79 Å². The fourth-order valence-corrected chi connectivity index (χ4v) is 1.82. The Hall–Kier alpha value is -1.51. The van der Waals surface area contributed by atoms with Crippen molar-refractivity contribution in [2.75, 3.05) is 32.8 Å². The molecule has 0 aliphatic carbocycles. The van der Waals surface area contributed by atoms with Crippen LogP contribution >= 0.6 is 0 Å². The molecule has 8 heteroatoms. The maximum atomic E-state index is 11.9. The van der Waals surface area contributed by atoms with Gasteiger partial charge in [-0.2, -0.15) is 0 Å². The van der Waals surface area contributed by atoms with Crippen molar-refractivity contribution in [3.8, 4) is 0 Å². The van der Waals surface area contributed by atoms with Gasteiger partial charge in [0.1, 0.15) is 0 Å². The van der Waals surface area contributed by atoms with Gasteiger partial charge in [-0.15, -0.1) is 5.10 Å². The number of rotatable bonds is 8. The van der Waals surface area contributed by atoms with Crippen LogP contribution in [0.15, 0.2) is 6.20 Å². The van der Waals surface area contributed by atoms with Crippen molar-refractivity contribution in [3.05, 3.63) is 11.9 Å². The van der Waals surface area contributed by atoms with Crippen molar-refractivity contribution in [1.29, 1.82) is 0 Å². The molecule has 1 aliphatic rings. The third kappa shape index (κ3) is 3.75. The lowest BCUT2D eigenvalue weighted by molar-refractivity contribution is -0.131. The summed E-state index contributed by atoms with van der Waals surface area (Å²) in [5, 5.41) is 13.7. The summed E-state index contributed by atoms with van der Waals surface area (Å²) in [6, 6.07) is 0.295. The SMILES string of the molecule is CCOC(CNC(=O)c1cn(C2CNC2)nn1)OCC. The highest BCUT2D eigenvalue weighted by molar-refractivity contribution is 5.91. The zero-order chi connectivity index (χ0) is 14.4. The van der Waals surface area contributed by atoms with E-state index >= 15 is 0 Å². The first-order valence-corrected chi connectivity index (χ1v) is 6.88. The first kappa shape index (κ1) is 14.9. The molecule has 1 fully saturated rings. The Morgan fingerprint density at radius 1 is 1.50 bits per heavy atom. The van der Waals surface area contributed by atoms with Crippen molar-refractivity contribution >= 4 is 5.91 Å². The number of carbonyl (C=O) groups is 1. The number of hydrogen-bond donors (Lipinski definition) is 2. The van der Waals surface area contributed by atoms with E-state index in [0.29, 0.717) is 31.5 Å². The quantitative estimate of drug-likeness (QED) is 0.628. The third-order valence-electron chi connectivity index (χ3n) is 3.01. The van der Waals surface area contributed by atoms with Gasteiger partial charge in [0.25, 0.3) is 5.91 Å². The highest BCUT2D eigenvalue weighted by Gasteiger charge is 2.22. The molecule has 1 aliphatic heterocycles. The lowest BCUT2D eigenvalue weighted by Gasteiger charge is -2.26. The molecule has 2 heterocycles. The van der Waals surface area contributed by atoms with Gasteiger partial charge in [0.05, 0.1) is 18.8 Å². The minimum absolute atomic E-state index is 0.270. The smallest absolute Gasteiger partial charge is 0.273 e. The van der Waals surface area contributed by atoms with Crippen LogP contribution in [0, 0.1) is 0 Å². The molecule has 0 bridgehead atoms. The molecule has 0 radical (unpaired) electrons. The molecule has 2 N–H and O–H groups in total. The molecular weight excluding hydrogens is 262 g/mol. The Kier molecular flexibility index (Phi) is 5.45. The zero-order valence-electron chi connectivity index (χ0n) is 11.8. The number of aromatic nitrogens is 3. The lowest BCUT2D eigenvalue weighted by Crippen LogP contribution is -2.43. The Labute approximate surface area is 117 Å². The van der Waals surface area contributed by atoms with Gasteiger partial charge in [-0.05, 0) is 13.8 Å². The minimum Gasteiger partial charge on any atom is -0.351 e. The number of ether oxygens (including phenoxy) is 2. The van der Waals surface area contributed by atoms with Gasteiger partial charge in [0.15, 0.2) is 12.0 Å². The van der Waals surface area contributed by atoms with E-state index in [0.717, 1.165) is 13.1 Å². The van der Waals surface area contributed by atoms with Crippen LogP contribution in [0.5, 0.6) is 0 Å². The van der Waals surface area contributed by atoms with E-state index in [-0.39, 0.29) is 5.91 Å². The Bertz CT molecular complexity index is 426. The van der Waals surface area contributed by atoms with E-state index in [4.69, 9.17) is 9.47 Å². The molecule has 112 valence electrons. The van der Waals surface area contributed by atoms with Crippen LogP contribution in [0.25, 0.3) is 0 Å². The Morgan fingerprint density at radius 2 is 2.20 bits per heavy atom. The van der Waals surface area contributed by atoms with Crippen molar-refractivity contribution in [2.24, 2.45) is 0 Å². The molecule has 0 aromatic carbocycles. The fourth-order valence-electron chi connectivity index (χ4n) is 1.82. The summed E-state index contributed by atoms with van der Waals surface area (Å²) in [6.45, 7) is 6.84. The molecule has 2 rings (SSSR count). The first-order valence-electron chi connectivity index (χ1n) is 6.88. The second-order valence-electron chi connectivity index (χ2n) is 4.45. The standard InChI is InChI=1S/C12H21N5O3/c1-3-19-11(20-4-2)7-14-12(18)10-8-17(16-15-10)9-5-13-6-9/h8-9,11,13H,3-7H2,1-2H3,(H,14,18). The molecule has 1 aromatic heterocycles. The maximum absolute atomic E-state index is 11.9. The predicted molar refractivity (Wildman–Crippen MR) is 71.3 cm³/mol. The number of nitrogens with one attached hydrogen (secondary N) is 2. The largest absolute Gasteiger partial charge is 0.351 e. The molecule has 8 nitrogen and oxygen atoms in total. The van der Waals surface area contributed by atoms with Gasteiger partial charge < -0.3 is 20.1 Å². The molecule has 1 amide bonds. The number of amides is 1. The van der Waals surface area contributed by atoms with Crippen LogP contribution in [0.1, 0.15) is 30.4 Å². The van der Waals surface area contributed by atoms with Gasteiger partial charge in [0.2, 0.25) is 0 Å². The van der Waals surface area contributed by atoms with Crippen molar-refractivity contribution < 1.29 is 14.3 Å². The van der Waals surface area contributed by atoms with Gasteiger partial charge >= 0.3 is 0 Å². The molecule has 0 saturated carbocycles. The second kappa shape index (κ2) is 7.32. The Balaban J connectivity index is 1.82. The van der Waals surface area contributed by atoms with Gasteiger partial charge in [-0.25, -0.2) is 4.68 Å². The highest BCUT2D eigenvalue weighted by Crippen LogP contribution is 2.09. The predicted octanol–water partition coefficient (Wildman–Crippen LogP) is -0.449. The van der Waals surface area contributed by atoms with Crippen molar-refractivity contribution in [1.82, 2.24) is 25.6 Å². The molecule has 0 unspecified atom stereocenters. The van der Waals surface area contributed by atoms with Crippen LogP contribution in [-0.4, -0.2) is 60.0 Å². The second-order valence-corrected chi connectivity index (χ2v) is 4.45. The zero-order valence-corrected chi connectivity index (χ0v) is 11.8. The first-order chi connectivity index (χ1) is 9.74. The minimum atomic E-state index is -0.431. The van der Waals surface area contributed by atoms with Gasteiger partial charge in [-0.1, -0.05) is 5.21 Å². The van der Waals surface area contributed by atoms with E-state index in [1.807, 2.05) is 13.8 Å². The van der Waals surface area contributed by atoms with E-state index in [9.17, 15) is 4.79 Å². The lowest BCUT2D eigenvalue weighted by atomic mass is 10.2. The summed E-state index contributed by atoms with van der Waals surface area (Å²) < 4.78 is 12.4. The molecular formula is C12H21N5O3. The van der Waals surface area contributed by atoms with Crippen LogP contribution in [0.3, 0.4) is 0 Å². The van der Waals surface area contributed by atoms with Crippen molar-refractivity contribution in [2.45, 2.75) is 26.2 Å². The summed E-state index contributed by atoms with van der Waals surface area (Å²) in [5.41, 5.74) is 0.309. The number of nitrogens with zero attached hydrogens (tertiary/aromatic N) is 3. The van der Waals surface area contributed by atoms with Gasteiger partial charge in [0, 0.05) is 26.3 Å². The summed E-state index contributed by atoms with van der Waals surface area (Å²) in [5.74, 6) is -0.270. The van der Waals surface area contributed by atoms with Crippen LogP contribution in [-0.2, 0) is 9.47 Å². The van der Waals surface area contributed by atoms with E-state index in [1.54, 1.807) is 10.9 Å². The Morgan fingerprint density at radius 3 is 2.75 bits per heavy atom. The van der Waals surface area contributed by atoms with Crippen LogP contribution in [0.4, 0.5) is 0 Å². The molecule has 0 atom stereocenters. The summed E-state index contributed by atoms with van der Waals surface area (Å²) >= 11 is 0. The normalized spacial score (nSPS) is 15.3. The van der Waals surface area contributed by atoms with Crippen LogP contribution in [0.2, 0.25) is 0 Å². The fraction of sp³-hybridized carbons (Fsp3) is 0.750. The number of hydrogen-bond acceptors (Lipinski definition) is 6. The van der Waals surface area contributed by atoms with Crippen LogP contribution < -0.4 is 10.6 Å². The summed E-state index contributed by atoms with van der Waals surface area (Å²) in [6.07, 6.45) is 1.23. The summed E-state index contributed by atoms with van der Waals surface area (Å²) in [7, 11) is 0. The van der Waals surface area contributed by atoms with Crippen molar-refractivity contribution in [3.63, 3.8) is 0 Å². The molecule has 1 aromatic rings. The van der Waals surface area contributed by atoms with E-state index < -0.39 is 6.29 Å². The number of carbonyl (C=O) groups excluding carboxylic acids is 1. The topological polar surface area (TPSA) is 90.3 Å². The molecule has 20 heavy (non-hydrogen) atoms. The average Bonchev–Trinajstić information content (AvgIpc) is 2.83. The summed E-state index contributed by atoms with van der Waals surface area (Å²) in [4.78, 5) is 11.9. The van der Waals surface area contributed by atoms with E-state index in [2.05, 4.69) is 20.9 Å². The average molecular weight is 283 g/mol. The molecule has 1 saturated heterocycles. The highest BCUT2D eigenvalue weighted by atomic mass is 16.7. The molecule has 0 spiro atoms. The third-order valence-corrected chi connectivity index (χ3v) is 3.01. The maximum Gasteiger partial charge on any atom is 0.273 e. The van der Waals surface area contributed by atoms with E-state index in [1.165, 1.54) is 0 Å². The monoisotopic (exact) mass is 283 g/mol.